The van der Waals surface area contributed by atoms with Gasteiger partial charge in [-0.3, -0.25) is 14.4 Å². The molecule has 366 valence electrons. The van der Waals surface area contributed by atoms with Gasteiger partial charge in [0.2, 0.25) is 0 Å². The van der Waals surface area contributed by atoms with Gasteiger partial charge in [0.1, 0.15) is 43.2 Å². The molecule has 0 spiro atoms. The summed E-state index contributed by atoms with van der Waals surface area (Å²) in [4.78, 5) is 39.5. The van der Waals surface area contributed by atoms with E-state index >= 15 is 0 Å². The van der Waals surface area contributed by atoms with Gasteiger partial charge in [0.15, 0.2) is 24.8 Å². The summed E-state index contributed by atoms with van der Waals surface area (Å²) in [5.41, 5.74) is 3.53. The number of carbonyl (C=O) groups is 3. The van der Waals surface area contributed by atoms with Crippen LogP contribution in [0, 0.1) is 0 Å². The third-order valence-corrected chi connectivity index (χ3v) is 12.4. The topological polar surface area (TPSA) is 153 Å². The summed E-state index contributed by atoms with van der Waals surface area (Å²) in [5.74, 6) is -1.60. The fourth-order valence-electron chi connectivity index (χ4n) is 8.17. The van der Waals surface area contributed by atoms with E-state index in [1.807, 2.05) is 152 Å². The molecule has 5 aromatic carbocycles. The predicted molar refractivity (Wildman–Crippen MR) is 254 cm³/mol. The number of ether oxygens (including phenoxy) is 11. The van der Waals surface area contributed by atoms with E-state index in [0.717, 1.165) is 27.1 Å². The van der Waals surface area contributed by atoms with Gasteiger partial charge in [-0.25, -0.2) is 0 Å². The van der Waals surface area contributed by atoms with Crippen molar-refractivity contribution in [1.82, 2.24) is 0 Å². The summed E-state index contributed by atoms with van der Waals surface area (Å²) in [5, 5.41) is 0. The Labute approximate surface area is 407 Å². The number of hydrogen-bond acceptors (Lipinski definition) is 15. The molecule has 11 atom stereocenters. The third-order valence-electron chi connectivity index (χ3n) is 11.4. The first-order valence-corrected chi connectivity index (χ1v) is 23.9. The monoisotopic (exact) mass is 964 g/mol. The number of benzene rings is 5. The standard InChI is InChI=1S/C54H60O14S/c1-36(55)60-34-45-48(63-37(2)56)50(64-38(3)57)52(65-46(42-26-16-8-17-27-42)35-69-43-28-18-9-19-29-43)54(67-45)68-47-44(33-59-30-39-20-10-5-11-21-39)66-53(58-4)51(62-32-41-24-14-7-15-25-41)49(47)61-31-40-22-12-6-13-23-40/h5-29,44-54H,30-35H2,1-4H3/t44-,45-,46-,47-,48-,49+,50+,51-,52-,53+,54-/m1/s1. The lowest BCUT2D eigenvalue weighted by molar-refractivity contribution is -0.372. The number of rotatable bonds is 23. The first-order chi connectivity index (χ1) is 33.6. The van der Waals surface area contributed by atoms with Gasteiger partial charge >= 0.3 is 17.9 Å². The van der Waals surface area contributed by atoms with E-state index < -0.39 is 92.0 Å². The van der Waals surface area contributed by atoms with Crippen LogP contribution in [0.3, 0.4) is 0 Å². The number of carbonyl (C=O) groups excluding carboxylic acids is 3. The van der Waals surface area contributed by atoms with E-state index in [0.29, 0.717) is 5.75 Å². The molecule has 2 fully saturated rings. The molecule has 0 aromatic heterocycles. The molecule has 0 unspecified atom stereocenters. The first-order valence-electron chi connectivity index (χ1n) is 22.9. The van der Waals surface area contributed by atoms with E-state index in [4.69, 9.17) is 52.1 Å². The molecule has 0 radical (unpaired) electrons. The number of thioether (sulfide) groups is 1. The van der Waals surface area contributed by atoms with Gasteiger partial charge in [-0.2, -0.15) is 0 Å². The van der Waals surface area contributed by atoms with Gasteiger partial charge in [-0.05, 0) is 34.4 Å². The molecular weight excluding hydrogens is 905 g/mol. The lowest BCUT2D eigenvalue weighted by Gasteiger charge is -2.50. The Morgan fingerprint density at radius 2 is 1.01 bits per heavy atom. The average molecular weight is 965 g/mol. The van der Waals surface area contributed by atoms with Crippen LogP contribution in [0.1, 0.15) is 49.1 Å². The van der Waals surface area contributed by atoms with Crippen LogP contribution >= 0.6 is 11.8 Å². The molecule has 0 N–H and O–H groups in total. The van der Waals surface area contributed by atoms with Gasteiger partial charge in [-0.15, -0.1) is 11.8 Å². The molecular formula is C54H60O14S. The zero-order chi connectivity index (χ0) is 48.4. The Balaban J connectivity index is 1.32. The lowest BCUT2D eigenvalue weighted by atomic mass is 9.95. The van der Waals surface area contributed by atoms with Crippen LogP contribution < -0.4 is 0 Å². The van der Waals surface area contributed by atoms with E-state index in [9.17, 15) is 14.4 Å². The Bertz CT molecular complexity index is 2290. The second kappa shape index (κ2) is 26.5. The van der Waals surface area contributed by atoms with Gasteiger partial charge in [-0.1, -0.05) is 140 Å². The predicted octanol–water partition coefficient (Wildman–Crippen LogP) is 8.20. The molecule has 5 aromatic rings. The van der Waals surface area contributed by atoms with Crippen molar-refractivity contribution in [3.05, 3.63) is 174 Å². The Hall–Kier alpha value is -5.46. The highest BCUT2D eigenvalue weighted by Gasteiger charge is 2.56. The summed E-state index contributed by atoms with van der Waals surface area (Å²) >= 11 is 1.56. The normalized spacial score (nSPS) is 25.0. The molecule has 0 saturated carbocycles. The highest BCUT2D eigenvalue weighted by atomic mass is 32.2. The molecule has 0 bridgehead atoms. The zero-order valence-electron chi connectivity index (χ0n) is 39.2. The van der Waals surface area contributed by atoms with Crippen molar-refractivity contribution in [3.63, 3.8) is 0 Å². The maximum atomic E-state index is 13.2. The van der Waals surface area contributed by atoms with Gasteiger partial charge < -0.3 is 52.1 Å². The highest BCUT2D eigenvalue weighted by Crippen LogP contribution is 2.39. The van der Waals surface area contributed by atoms with E-state index in [-0.39, 0.29) is 26.4 Å². The first kappa shape index (κ1) is 51.4. The fourth-order valence-corrected chi connectivity index (χ4v) is 9.14. The zero-order valence-corrected chi connectivity index (χ0v) is 40.0. The van der Waals surface area contributed by atoms with Crippen molar-refractivity contribution in [2.24, 2.45) is 0 Å². The Kier molecular flexibility index (Phi) is 19.7. The summed E-state index contributed by atoms with van der Waals surface area (Å²) < 4.78 is 71.5. The number of hydrogen-bond donors (Lipinski definition) is 0. The van der Waals surface area contributed by atoms with E-state index in [1.54, 1.807) is 11.8 Å². The molecule has 15 heteroatoms. The summed E-state index contributed by atoms with van der Waals surface area (Å²) in [6.45, 7) is 3.89. The van der Waals surface area contributed by atoms with Crippen molar-refractivity contribution in [2.45, 2.75) is 113 Å². The van der Waals surface area contributed by atoms with Crippen molar-refractivity contribution >= 4 is 29.7 Å². The molecule has 2 aliphatic heterocycles. The molecule has 14 nitrogen and oxygen atoms in total. The number of methoxy groups -OCH3 is 1. The largest absolute Gasteiger partial charge is 0.463 e. The maximum absolute atomic E-state index is 13.2. The van der Waals surface area contributed by atoms with Crippen LogP contribution in [0.5, 0.6) is 0 Å². The highest BCUT2D eigenvalue weighted by molar-refractivity contribution is 7.99. The van der Waals surface area contributed by atoms with Crippen molar-refractivity contribution in [2.75, 3.05) is 26.1 Å². The third kappa shape index (κ3) is 15.3. The van der Waals surface area contributed by atoms with E-state index in [1.165, 1.54) is 27.9 Å². The van der Waals surface area contributed by atoms with Crippen LogP contribution in [-0.4, -0.2) is 105 Å². The minimum Gasteiger partial charge on any atom is -0.463 e. The second-order valence-electron chi connectivity index (χ2n) is 16.5. The smallest absolute Gasteiger partial charge is 0.303 e. The minimum absolute atomic E-state index is 0.00501. The van der Waals surface area contributed by atoms with E-state index in [2.05, 4.69) is 0 Å². The molecule has 69 heavy (non-hydrogen) atoms. The van der Waals surface area contributed by atoms with Crippen LogP contribution in [0.25, 0.3) is 0 Å². The quantitative estimate of drug-likeness (QED) is 0.0351. The van der Waals surface area contributed by atoms with Crippen molar-refractivity contribution in [1.29, 1.82) is 0 Å². The van der Waals surface area contributed by atoms with Crippen LogP contribution in [0.15, 0.2) is 157 Å². The average Bonchev–Trinajstić information content (AvgIpc) is 3.36. The second-order valence-corrected chi connectivity index (χ2v) is 17.6. The van der Waals surface area contributed by atoms with Crippen LogP contribution in [0.4, 0.5) is 0 Å². The van der Waals surface area contributed by atoms with Crippen molar-refractivity contribution < 1.29 is 66.5 Å². The summed E-state index contributed by atoms with van der Waals surface area (Å²) in [6.07, 6.45) is -12.0. The molecule has 0 amide bonds. The van der Waals surface area contributed by atoms with Gasteiger partial charge in [0.05, 0.1) is 32.5 Å². The SMILES string of the molecule is CO[C@H]1O[C@H](COCc2ccccc2)[C@@H](O[C@H]2O[C@H](COC(C)=O)[C@@H](OC(C)=O)[C@H](OC(C)=O)[C@H]2O[C@H](CSc2ccccc2)c2ccccc2)[C@H](OCc2ccccc2)[C@H]1OCc1ccccc1. The number of esters is 3. The minimum atomic E-state index is -1.43. The van der Waals surface area contributed by atoms with Crippen LogP contribution in [0.2, 0.25) is 0 Å². The summed E-state index contributed by atoms with van der Waals surface area (Å²) in [7, 11) is 1.53. The Morgan fingerprint density at radius 3 is 1.57 bits per heavy atom. The maximum Gasteiger partial charge on any atom is 0.303 e. The lowest BCUT2D eigenvalue weighted by Crippen LogP contribution is -2.67. The molecule has 2 heterocycles. The van der Waals surface area contributed by atoms with Gasteiger partial charge in [0, 0.05) is 38.5 Å². The molecule has 7 rings (SSSR count). The fraction of sp³-hybridized carbons (Fsp3) is 0.389. The molecule has 0 aliphatic carbocycles. The molecule has 2 saturated heterocycles. The Morgan fingerprint density at radius 1 is 0.522 bits per heavy atom. The van der Waals surface area contributed by atoms with Crippen LogP contribution in [-0.2, 0) is 86.3 Å². The van der Waals surface area contributed by atoms with Gasteiger partial charge in [0.25, 0.3) is 0 Å². The van der Waals surface area contributed by atoms with Crippen molar-refractivity contribution in [3.8, 4) is 0 Å². The molecule has 2 aliphatic rings. The summed E-state index contributed by atoms with van der Waals surface area (Å²) in [6, 6.07) is 48.5.